The molecule has 6 rings (SSSR count). The van der Waals surface area contributed by atoms with Gasteiger partial charge >= 0.3 is 0 Å². The summed E-state index contributed by atoms with van der Waals surface area (Å²) in [6.07, 6.45) is 3.60. The van der Waals surface area contributed by atoms with E-state index in [9.17, 15) is 10.5 Å². The topological polar surface area (TPSA) is 124 Å². The minimum absolute atomic E-state index is 0.282. The zero-order valence-corrected chi connectivity index (χ0v) is 20.7. The molecule has 0 atom stereocenters. The van der Waals surface area contributed by atoms with Gasteiger partial charge < -0.3 is 20.4 Å². The number of aromatic nitrogens is 4. The van der Waals surface area contributed by atoms with E-state index in [0.29, 0.717) is 45.5 Å². The van der Waals surface area contributed by atoms with Crippen molar-refractivity contribution in [2.75, 3.05) is 61.8 Å². The van der Waals surface area contributed by atoms with Gasteiger partial charge in [-0.3, -0.25) is 4.90 Å². The molecule has 0 bridgehead atoms. The van der Waals surface area contributed by atoms with Gasteiger partial charge in [-0.2, -0.15) is 30.1 Å². The molecule has 2 aliphatic heterocycles. The second kappa shape index (κ2) is 9.10. The van der Waals surface area contributed by atoms with Crippen molar-refractivity contribution < 1.29 is 0 Å². The van der Waals surface area contributed by atoms with E-state index in [2.05, 4.69) is 59.6 Å². The lowest BCUT2D eigenvalue weighted by Crippen LogP contribution is -2.62. The fourth-order valence-corrected chi connectivity index (χ4v) is 5.13. The van der Waals surface area contributed by atoms with Crippen LogP contribution in [-0.2, 0) is 0 Å². The number of anilines is 4. The van der Waals surface area contributed by atoms with Crippen molar-refractivity contribution in [3.63, 3.8) is 0 Å². The molecule has 11 nitrogen and oxygen atoms in total. The third-order valence-corrected chi connectivity index (χ3v) is 7.44. The standard InChI is InChI=1S/C24H26ClN11/c1-33-13-18(14-33)34-4-6-35(7-5-34)20-9-15(10-26)8-19(21(20)25)30-23-31-22-16(11-27)12-28-36(22)24(32-23)29-17-2-3-17/h8-9,12,17-18H,2-7,13-14H2,1H3,(H2,29,30,31,32). The predicted octanol–water partition coefficient (Wildman–Crippen LogP) is 2.27. The molecule has 0 spiro atoms. The summed E-state index contributed by atoms with van der Waals surface area (Å²) in [5, 5.41) is 30.5. The fourth-order valence-electron chi connectivity index (χ4n) is 4.86. The summed E-state index contributed by atoms with van der Waals surface area (Å²) in [7, 11) is 2.15. The third kappa shape index (κ3) is 4.26. The molecule has 2 saturated heterocycles. The molecule has 3 aliphatic rings. The lowest BCUT2D eigenvalue weighted by atomic mass is 10.1. The number of likely N-dealkylation sites (N-methyl/N-ethyl adjacent to an activating group) is 1. The van der Waals surface area contributed by atoms with Crippen LogP contribution in [0.1, 0.15) is 24.0 Å². The Morgan fingerprint density at radius 3 is 2.50 bits per heavy atom. The van der Waals surface area contributed by atoms with Crippen molar-refractivity contribution in [1.82, 2.24) is 29.4 Å². The number of fused-ring (bicyclic) bond motifs is 1. The first kappa shape index (κ1) is 22.8. The first-order chi connectivity index (χ1) is 17.5. The molecule has 12 heteroatoms. The Morgan fingerprint density at radius 1 is 1.06 bits per heavy atom. The average Bonchev–Trinajstić information content (AvgIpc) is 3.59. The number of likely N-dealkylation sites (tertiary alicyclic amines) is 1. The van der Waals surface area contributed by atoms with Gasteiger partial charge in [0, 0.05) is 51.4 Å². The summed E-state index contributed by atoms with van der Waals surface area (Å²) in [5.74, 6) is 0.793. The van der Waals surface area contributed by atoms with Crippen LogP contribution in [0.2, 0.25) is 5.02 Å². The number of hydrogen-bond donors (Lipinski definition) is 2. The first-order valence-electron chi connectivity index (χ1n) is 12.1. The van der Waals surface area contributed by atoms with Crippen molar-refractivity contribution in [3.8, 4) is 12.1 Å². The molecular formula is C24H26ClN11. The summed E-state index contributed by atoms with van der Waals surface area (Å²) in [5.41, 5.74) is 2.63. The van der Waals surface area contributed by atoms with Crippen molar-refractivity contribution in [2.45, 2.75) is 24.9 Å². The Morgan fingerprint density at radius 2 is 1.83 bits per heavy atom. The second-order valence-corrected chi connectivity index (χ2v) is 10.1. The molecule has 1 saturated carbocycles. The van der Waals surface area contributed by atoms with Crippen LogP contribution < -0.4 is 15.5 Å². The number of nitrogens with zero attached hydrogens (tertiary/aromatic N) is 9. The van der Waals surface area contributed by atoms with Crippen molar-refractivity contribution >= 4 is 40.5 Å². The highest BCUT2D eigenvalue weighted by atomic mass is 35.5. The molecule has 2 N–H and O–H groups in total. The summed E-state index contributed by atoms with van der Waals surface area (Å²) >= 11 is 6.89. The molecular weight excluding hydrogens is 478 g/mol. The van der Waals surface area contributed by atoms with Crippen LogP contribution in [0.3, 0.4) is 0 Å². The zero-order chi connectivity index (χ0) is 24.8. The van der Waals surface area contributed by atoms with Crippen LogP contribution in [0.25, 0.3) is 5.65 Å². The SMILES string of the molecule is CN1CC(N2CCN(c3cc(C#N)cc(Nc4nc(NC5CC5)n5ncc(C#N)c5n4)c3Cl)CC2)C1. The lowest BCUT2D eigenvalue weighted by molar-refractivity contribution is 0.0488. The largest absolute Gasteiger partial charge is 0.368 e. The van der Waals surface area contributed by atoms with Gasteiger partial charge in [0.05, 0.1) is 34.2 Å². The number of piperazine rings is 1. The maximum atomic E-state index is 9.71. The first-order valence-corrected chi connectivity index (χ1v) is 12.5. The van der Waals surface area contributed by atoms with Gasteiger partial charge in [0.1, 0.15) is 11.6 Å². The van der Waals surface area contributed by atoms with E-state index in [1.54, 1.807) is 10.6 Å². The minimum Gasteiger partial charge on any atom is -0.368 e. The van der Waals surface area contributed by atoms with E-state index in [-0.39, 0.29) is 5.95 Å². The number of nitrogens with one attached hydrogen (secondary N) is 2. The quantitative estimate of drug-likeness (QED) is 0.517. The van der Waals surface area contributed by atoms with Crippen LogP contribution in [0, 0.1) is 22.7 Å². The molecule has 3 aromatic rings. The van der Waals surface area contributed by atoms with Crippen molar-refractivity contribution in [3.05, 3.63) is 34.5 Å². The number of nitriles is 2. The highest BCUT2D eigenvalue weighted by molar-refractivity contribution is 6.36. The van der Waals surface area contributed by atoms with Crippen LogP contribution >= 0.6 is 11.6 Å². The molecule has 0 amide bonds. The van der Waals surface area contributed by atoms with Gasteiger partial charge in [-0.1, -0.05) is 11.6 Å². The highest BCUT2D eigenvalue weighted by Crippen LogP contribution is 2.37. The van der Waals surface area contributed by atoms with E-state index in [1.165, 1.54) is 6.20 Å². The van der Waals surface area contributed by atoms with Gasteiger partial charge in [0.25, 0.3) is 0 Å². The van der Waals surface area contributed by atoms with E-state index >= 15 is 0 Å². The Labute approximate surface area is 213 Å². The molecule has 1 aliphatic carbocycles. The van der Waals surface area contributed by atoms with Gasteiger partial charge in [-0.05, 0) is 32.0 Å². The Balaban J connectivity index is 1.29. The number of benzene rings is 1. The maximum Gasteiger partial charge on any atom is 0.232 e. The predicted molar refractivity (Wildman–Crippen MR) is 137 cm³/mol. The summed E-state index contributed by atoms with van der Waals surface area (Å²) in [6, 6.07) is 8.89. The molecule has 4 heterocycles. The molecule has 2 aromatic heterocycles. The summed E-state index contributed by atoms with van der Waals surface area (Å²) < 4.78 is 1.54. The van der Waals surface area contributed by atoms with Gasteiger partial charge in [0.2, 0.25) is 11.9 Å². The Hall–Kier alpha value is -3.64. The van der Waals surface area contributed by atoms with Gasteiger partial charge in [-0.15, -0.1) is 0 Å². The van der Waals surface area contributed by atoms with E-state index in [0.717, 1.165) is 57.8 Å². The van der Waals surface area contributed by atoms with Gasteiger partial charge in [0.15, 0.2) is 5.65 Å². The normalized spacial score (nSPS) is 19.1. The van der Waals surface area contributed by atoms with E-state index in [4.69, 9.17) is 11.6 Å². The number of halogens is 1. The van der Waals surface area contributed by atoms with Crippen LogP contribution in [0.5, 0.6) is 0 Å². The average molecular weight is 504 g/mol. The fraction of sp³-hybridized carbons (Fsp3) is 0.458. The van der Waals surface area contributed by atoms with Crippen molar-refractivity contribution in [2.24, 2.45) is 0 Å². The maximum absolute atomic E-state index is 9.71. The van der Waals surface area contributed by atoms with Crippen molar-refractivity contribution in [1.29, 1.82) is 10.5 Å². The highest BCUT2D eigenvalue weighted by Gasteiger charge is 2.32. The summed E-state index contributed by atoms with van der Waals surface area (Å²) in [6.45, 7) is 5.84. The minimum atomic E-state index is 0.282. The van der Waals surface area contributed by atoms with Crippen LogP contribution in [-0.4, -0.2) is 87.8 Å². The zero-order valence-electron chi connectivity index (χ0n) is 19.9. The van der Waals surface area contributed by atoms with E-state index in [1.807, 2.05) is 6.07 Å². The summed E-state index contributed by atoms with van der Waals surface area (Å²) in [4.78, 5) is 16.2. The lowest BCUT2D eigenvalue weighted by Gasteiger charge is -2.47. The Kier molecular flexibility index (Phi) is 5.76. The van der Waals surface area contributed by atoms with Gasteiger partial charge in [-0.25, -0.2) is 0 Å². The molecule has 184 valence electrons. The second-order valence-electron chi connectivity index (χ2n) is 9.69. The number of hydrogen-bond acceptors (Lipinski definition) is 10. The van der Waals surface area contributed by atoms with Crippen LogP contribution in [0.15, 0.2) is 18.3 Å². The molecule has 3 fully saturated rings. The molecule has 1 aromatic carbocycles. The molecule has 0 radical (unpaired) electrons. The van der Waals surface area contributed by atoms with Crippen LogP contribution in [0.4, 0.5) is 23.3 Å². The number of rotatable bonds is 6. The molecule has 0 unspecified atom stereocenters. The molecule has 36 heavy (non-hydrogen) atoms. The third-order valence-electron chi connectivity index (χ3n) is 7.04. The Bertz CT molecular complexity index is 1390. The van der Waals surface area contributed by atoms with E-state index < -0.39 is 0 Å². The monoisotopic (exact) mass is 503 g/mol. The smallest absolute Gasteiger partial charge is 0.232 e.